The molecule has 1 aromatic heterocycles. The molecular weight excluding hydrogens is 324 g/mol. The lowest BCUT2D eigenvalue weighted by molar-refractivity contribution is 0.0362. The summed E-state index contributed by atoms with van der Waals surface area (Å²) in [6.45, 7) is 2.16. The lowest BCUT2D eigenvalue weighted by Crippen LogP contribution is -2.24. The standard InChI is InChI=1S/C14H13BrN2O3/c1-2-19-17-13(18)12-7-4-8-16-14(12)20-11-6-3-5-10(15)9-11/h3-9H,2H2,1H3,(H,17,18). The van der Waals surface area contributed by atoms with Crippen LogP contribution in [0.2, 0.25) is 0 Å². The van der Waals surface area contributed by atoms with Crippen molar-refractivity contribution < 1.29 is 14.4 Å². The zero-order chi connectivity index (χ0) is 14.4. The van der Waals surface area contributed by atoms with E-state index in [1.807, 2.05) is 12.1 Å². The van der Waals surface area contributed by atoms with Crippen molar-refractivity contribution in [3.05, 3.63) is 52.6 Å². The van der Waals surface area contributed by atoms with E-state index in [9.17, 15) is 4.79 Å². The maximum atomic E-state index is 11.9. The van der Waals surface area contributed by atoms with E-state index in [2.05, 4.69) is 26.4 Å². The summed E-state index contributed by atoms with van der Waals surface area (Å²) in [6, 6.07) is 10.6. The number of hydrogen-bond acceptors (Lipinski definition) is 4. The first kappa shape index (κ1) is 14.5. The second kappa shape index (κ2) is 7.02. The van der Waals surface area contributed by atoms with Gasteiger partial charge in [-0.05, 0) is 37.3 Å². The van der Waals surface area contributed by atoms with Crippen LogP contribution in [0.4, 0.5) is 0 Å². The minimum Gasteiger partial charge on any atom is -0.438 e. The molecule has 1 N–H and O–H groups in total. The Morgan fingerprint density at radius 2 is 2.20 bits per heavy atom. The van der Waals surface area contributed by atoms with Crippen molar-refractivity contribution in [1.29, 1.82) is 0 Å². The van der Waals surface area contributed by atoms with Crippen LogP contribution in [0, 0.1) is 0 Å². The Bertz CT molecular complexity index is 604. The number of aromatic nitrogens is 1. The molecule has 20 heavy (non-hydrogen) atoms. The van der Waals surface area contributed by atoms with E-state index in [0.29, 0.717) is 17.9 Å². The summed E-state index contributed by atoms with van der Waals surface area (Å²) < 4.78 is 6.51. The van der Waals surface area contributed by atoms with Crippen LogP contribution < -0.4 is 10.2 Å². The molecule has 0 atom stereocenters. The lowest BCUT2D eigenvalue weighted by atomic mass is 10.2. The molecule has 0 saturated carbocycles. The van der Waals surface area contributed by atoms with Gasteiger partial charge in [0.1, 0.15) is 11.3 Å². The van der Waals surface area contributed by atoms with Gasteiger partial charge in [-0.3, -0.25) is 9.63 Å². The van der Waals surface area contributed by atoms with Gasteiger partial charge in [0.2, 0.25) is 5.88 Å². The molecule has 0 unspecified atom stereocenters. The molecule has 0 fully saturated rings. The molecule has 0 bridgehead atoms. The molecule has 1 aromatic carbocycles. The minimum atomic E-state index is -0.398. The first-order valence-electron chi connectivity index (χ1n) is 6.01. The molecule has 5 nitrogen and oxygen atoms in total. The molecule has 0 aliphatic rings. The van der Waals surface area contributed by atoms with Gasteiger partial charge < -0.3 is 4.74 Å². The first-order valence-corrected chi connectivity index (χ1v) is 6.80. The van der Waals surface area contributed by atoms with Crippen LogP contribution in [-0.4, -0.2) is 17.5 Å². The molecular formula is C14H13BrN2O3. The summed E-state index contributed by atoms with van der Waals surface area (Å²) in [6.07, 6.45) is 1.56. The van der Waals surface area contributed by atoms with Crippen LogP contribution in [0.3, 0.4) is 0 Å². The van der Waals surface area contributed by atoms with Gasteiger partial charge in [0, 0.05) is 10.7 Å². The third-order valence-electron chi connectivity index (χ3n) is 2.34. The summed E-state index contributed by atoms with van der Waals surface area (Å²) in [5.74, 6) is 0.413. The Morgan fingerprint density at radius 3 is 2.95 bits per heavy atom. The van der Waals surface area contributed by atoms with Gasteiger partial charge in [-0.1, -0.05) is 22.0 Å². The van der Waals surface area contributed by atoms with E-state index < -0.39 is 5.91 Å². The molecule has 104 valence electrons. The molecule has 2 aromatic rings. The predicted octanol–water partition coefficient (Wildman–Crippen LogP) is 3.32. The van der Waals surface area contributed by atoms with Crippen LogP contribution in [0.15, 0.2) is 47.1 Å². The maximum Gasteiger partial charge on any atom is 0.280 e. The summed E-state index contributed by atoms with van der Waals surface area (Å²) in [7, 11) is 0. The smallest absolute Gasteiger partial charge is 0.280 e. The minimum absolute atomic E-state index is 0.225. The summed E-state index contributed by atoms with van der Waals surface area (Å²) in [4.78, 5) is 20.9. The number of nitrogens with zero attached hydrogens (tertiary/aromatic N) is 1. The van der Waals surface area contributed by atoms with Crippen LogP contribution in [0.1, 0.15) is 17.3 Å². The van der Waals surface area contributed by atoms with Gasteiger partial charge in [-0.15, -0.1) is 0 Å². The van der Waals surface area contributed by atoms with Gasteiger partial charge in [0.15, 0.2) is 0 Å². The van der Waals surface area contributed by atoms with Crippen LogP contribution in [0.25, 0.3) is 0 Å². The molecule has 0 spiro atoms. The molecule has 0 aliphatic heterocycles. The highest BCUT2D eigenvalue weighted by Crippen LogP contribution is 2.25. The van der Waals surface area contributed by atoms with Gasteiger partial charge in [-0.25, -0.2) is 10.5 Å². The molecule has 2 rings (SSSR count). The Hall–Kier alpha value is -1.92. The molecule has 0 aliphatic carbocycles. The number of carbonyl (C=O) groups excluding carboxylic acids is 1. The molecule has 1 heterocycles. The molecule has 0 radical (unpaired) electrons. The number of hydrogen-bond donors (Lipinski definition) is 1. The van der Waals surface area contributed by atoms with E-state index in [1.165, 1.54) is 0 Å². The van der Waals surface area contributed by atoms with Crippen molar-refractivity contribution in [1.82, 2.24) is 10.5 Å². The number of rotatable bonds is 5. The highest BCUT2D eigenvalue weighted by atomic mass is 79.9. The number of hydroxylamine groups is 1. The van der Waals surface area contributed by atoms with Gasteiger partial charge in [0.05, 0.1) is 6.61 Å². The fourth-order valence-corrected chi connectivity index (χ4v) is 1.86. The Balaban J connectivity index is 2.21. The van der Waals surface area contributed by atoms with Crippen molar-refractivity contribution in [2.45, 2.75) is 6.92 Å². The van der Waals surface area contributed by atoms with E-state index in [1.54, 1.807) is 37.4 Å². The zero-order valence-electron chi connectivity index (χ0n) is 10.8. The van der Waals surface area contributed by atoms with Crippen molar-refractivity contribution in [3.63, 3.8) is 0 Å². The largest absolute Gasteiger partial charge is 0.438 e. The SMILES string of the molecule is CCONC(=O)c1cccnc1Oc1cccc(Br)c1. The fraction of sp³-hybridized carbons (Fsp3) is 0.143. The summed E-state index contributed by atoms with van der Waals surface area (Å²) >= 11 is 3.36. The highest BCUT2D eigenvalue weighted by Gasteiger charge is 2.14. The van der Waals surface area contributed by atoms with Crippen LogP contribution >= 0.6 is 15.9 Å². The third-order valence-corrected chi connectivity index (χ3v) is 2.83. The monoisotopic (exact) mass is 336 g/mol. The van der Waals surface area contributed by atoms with E-state index in [4.69, 9.17) is 9.57 Å². The number of ether oxygens (including phenoxy) is 1. The average Bonchev–Trinajstić information content (AvgIpc) is 2.45. The third kappa shape index (κ3) is 3.79. The number of amides is 1. The predicted molar refractivity (Wildman–Crippen MR) is 77.5 cm³/mol. The van der Waals surface area contributed by atoms with E-state index in [0.717, 1.165) is 4.47 Å². The average molecular weight is 337 g/mol. The fourth-order valence-electron chi connectivity index (χ4n) is 1.48. The molecule has 1 amide bonds. The van der Waals surface area contributed by atoms with Gasteiger partial charge in [0.25, 0.3) is 5.91 Å². The van der Waals surface area contributed by atoms with Crippen molar-refractivity contribution in [2.24, 2.45) is 0 Å². The van der Waals surface area contributed by atoms with Crippen LogP contribution in [-0.2, 0) is 4.84 Å². The number of carbonyl (C=O) groups is 1. The van der Waals surface area contributed by atoms with Crippen molar-refractivity contribution in [3.8, 4) is 11.6 Å². The van der Waals surface area contributed by atoms with Crippen molar-refractivity contribution in [2.75, 3.05) is 6.61 Å². The highest BCUT2D eigenvalue weighted by molar-refractivity contribution is 9.10. The summed E-state index contributed by atoms with van der Waals surface area (Å²) in [5.41, 5.74) is 2.62. The quantitative estimate of drug-likeness (QED) is 0.851. The Kier molecular flexibility index (Phi) is 5.09. The van der Waals surface area contributed by atoms with Gasteiger partial charge >= 0.3 is 0 Å². The van der Waals surface area contributed by atoms with E-state index in [-0.39, 0.29) is 5.88 Å². The molecule has 6 heteroatoms. The number of halogens is 1. The molecule has 0 saturated heterocycles. The zero-order valence-corrected chi connectivity index (χ0v) is 12.4. The van der Waals surface area contributed by atoms with Crippen LogP contribution in [0.5, 0.6) is 11.6 Å². The topological polar surface area (TPSA) is 60.5 Å². The van der Waals surface area contributed by atoms with Crippen molar-refractivity contribution >= 4 is 21.8 Å². The first-order chi connectivity index (χ1) is 9.70. The van der Waals surface area contributed by atoms with Gasteiger partial charge in [-0.2, -0.15) is 0 Å². The number of nitrogens with one attached hydrogen (secondary N) is 1. The Morgan fingerprint density at radius 1 is 1.35 bits per heavy atom. The normalized spacial score (nSPS) is 10.1. The second-order valence-electron chi connectivity index (χ2n) is 3.78. The Labute approximate surface area is 125 Å². The second-order valence-corrected chi connectivity index (χ2v) is 4.70. The maximum absolute atomic E-state index is 11.9. The summed E-state index contributed by atoms with van der Waals surface area (Å²) in [5, 5.41) is 0. The lowest BCUT2D eigenvalue weighted by Gasteiger charge is -2.10. The number of benzene rings is 1. The van der Waals surface area contributed by atoms with E-state index >= 15 is 0 Å². The number of pyridine rings is 1.